The quantitative estimate of drug-likeness (QED) is 0.734. The first-order valence-electron chi connectivity index (χ1n) is 10.3. The number of thiophene rings is 1. The lowest BCUT2D eigenvalue weighted by atomic mass is 9.97. The summed E-state index contributed by atoms with van der Waals surface area (Å²) in [5, 5.41) is 1.13. The molecule has 2 aromatic heterocycles. The number of aromatic nitrogens is 2. The van der Waals surface area contributed by atoms with Crippen LogP contribution in [0.15, 0.2) is 24.3 Å². The van der Waals surface area contributed by atoms with Crippen molar-refractivity contribution in [3.05, 3.63) is 46.1 Å². The molecule has 1 aliphatic heterocycles. The topological polar surface area (TPSA) is 58.3 Å². The Morgan fingerprint density at radius 2 is 1.89 bits per heavy atom. The second-order valence-corrected chi connectivity index (χ2v) is 9.10. The maximum absolute atomic E-state index is 6.37. The van der Waals surface area contributed by atoms with Crippen LogP contribution in [0.5, 0.6) is 0 Å². The van der Waals surface area contributed by atoms with E-state index in [0.29, 0.717) is 5.82 Å². The number of fused-ring (bicyclic) bond motifs is 3. The number of aryl methyl sites for hydroxylation is 3. The molecule has 0 spiro atoms. The van der Waals surface area contributed by atoms with Gasteiger partial charge in [0.1, 0.15) is 16.5 Å². The van der Waals surface area contributed by atoms with Crippen molar-refractivity contribution in [2.75, 3.05) is 36.8 Å². The normalized spacial score (nSPS) is 17.8. The van der Waals surface area contributed by atoms with Crippen molar-refractivity contribution < 1.29 is 0 Å². The van der Waals surface area contributed by atoms with Gasteiger partial charge in [-0.2, -0.15) is 0 Å². The highest BCUT2D eigenvalue weighted by Crippen LogP contribution is 2.37. The Hall–Kier alpha value is -2.18. The molecular formula is C22H27N5S. The first-order chi connectivity index (χ1) is 13.7. The van der Waals surface area contributed by atoms with E-state index in [1.54, 1.807) is 0 Å². The summed E-state index contributed by atoms with van der Waals surface area (Å²) in [4.78, 5) is 17.1. The summed E-state index contributed by atoms with van der Waals surface area (Å²) in [5.74, 6) is 1.55. The van der Waals surface area contributed by atoms with Crippen molar-refractivity contribution in [3.63, 3.8) is 0 Å². The molecule has 1 fully saturated rings. The molecule has 3 aromatic rings. The first-order valence-corrected chi connectivity index (χ1v) is 11.1. The predicted molar refractivity (Wildman–Crippen MR) is 117 cm³/mol. The zero-order chi connectivity index (χ0) is 19.1. The van der Waals surface area contributed by atoms with Crippen molar-refractivity contribution in [1.29, 1.82) is 0 Å². The zero-order valence-corrected chi connectivity index (χ0v) is 17.3. The Kier molecular flexibility index (Phi) is 4.69. The number of benzene rings is 1. The van der Waals surface area contributed by atoms with Crippen LogP contribution in [-0.2, 0) is 19.4 Å². The van der Waals surface area contributed by atoms with E-state index < -0.39 is 0 Å². The van der Waals surface area contributed by atoms with Crippen LogP contribution in [0.4, 0.5) is 11.5 Å². The molecule has 0 bridgehead atoms. The van der Waals surface area contributed by atoms with E-state index in [4.69, 9.17) is 10.7 Å². The van der Waals surface area contributed by atoms with E-state index in [0.717, 1.165) is 55.2 Å². The number of piperazine rings is 1. The smallest absolute Gasteiger partial charge is 0.146 e. The van der Waals surface area contributed by atoms with Crippen molar-refractivity contribution in [2.24, 2.45) is 0 Å². The molecule has 1 aromatic carbocycles. The number of nitrogen functional groups attached to an aromatic ring is 1. The number of nitrogens with zero attached hydrogens (tertiary/aromatic N) is 4. The molecule has 2 aliphatic rings. The molecular weight excluding hydrogens is 366 g/mol. The number of anilines is 2. The molecule has 3 heterocycles. The fourth-order valence-electron chi connectivity index (χ4n) is 4.49. The summed E-state index contributed by atoms with van der Waals surface area (Å²) in [6, 6.07) is 8.77. The van der Waals surface area contributed by atoms with Gasteiger partial charge < -0.3 is 10.6 Å². The molecule has 6 heteroatoms. The molecule has 0 radical (unpaired) electrons. The lowest BCUT2D eigenvalue weighted by Crippen LogP contribution is -2.46. The first kappa shape index (κ1) is 17.9. The third kappa shape index (κ3) is 3.35. The summed E-state index contributed by atoms with van der Waals surface area (Å²) < 4.78 is 0. The molecule has 1 aliphatic carbocycles. The minimum atomic E-state index is 0.679. The Morgan fingerprint density at radius 1 is 1.07 bits per heavy atom. The highest BCUT2D eigenvalue weighted by atomic mass is 32.1. The average Bonchev–Trinajstić information content (AvgIpc) is 3.07. The molecule has 28 heavy (non-hydrogen) atoms. The van der Waals surface area contributed by atoms with Gasteiger partial charge >= 0.3 is 0 Å². The minimum Gasteiger partial charge on any atom is -0.383 e. The van der Waals surface area contributed by atoms with Gasteiger partial charge in [0.05, 0.1) is 11.9 Å². The van der Waals surface area contributed by atoms with Gasteiger partial charge in [0, 0.05) is 36.7 Å². The summed E-state index contributed by atoms with van der Waals surface area (Å²) in [6.07, 6.45) is 4.84. The van der Waals surface area contributed by atoms with Crippen molar-refractivity contribution in [1.82, 2.24) is 14.9 Å². The molecule has 1 saturated heterocycles. The molecule has 0 amide bonds. The van der Waals surface area contributed by atoms with E-state index >= 15 is 0 Å². The van der Waals surface area contributed by atoms with Crippen molar-refractivity contribution in [3.8, 4) is 0 Å². The number of hydrogen-bond acceptors (Lipinski definition) is 6. The largest absolute Gasteiger partial charge is 0.383 e. The highest BCUT2D eigenvalue weighted by Gasteiger charge is 2.22. The average molecular weight is 394 g/mol. The van der Waals surface area contributed by atoms with Crippen LogP contribution in [0, 0.1) is 6.92 Å². The minimum absolute atomic E-state index is 0.679. The Labute approximate surface area is 170 Å². The Bertz CT molecular complexity index is 1000. The second kappa shape index (κ2) is 7.33. The Balaban J connectivity index is 1.30. The van der Waals surface area contributed by atoms with Gasteiger partial charge in [-0.05, 0) is 55.9 Å². The van der Waals surface area contributed by atoms with Gasteiger partial charge in [-0.1, -0.05) is 12.1 Å². The van der Waals surface area contributed by atoms with E-state index in [-0.39, 0.29) is 0 Å². The number of nitrogens with two attached hydrogens (primary N) is 1. The van der Waals surface area contributed by atoms with Gasteiger partial charge in [-0.3, -0.25) is 4.90 Å². The molecule has 0 atom stereocenters. The van der Waals surface area contributed by atoms with Gasteiger partial charge in [-0.15, -0.1) is 11.3 Å². The maximum atomic E-state index is 6.37. The zero-order valence-electron chi connectivity index (χ0n) is 16.4. The summed E-state index contributed by atoms with van der Waals surface area (Å²) in [5.41, 5.74) is 10.4. The van der Waals surface area contributed by atoms with Crippen molar-refractivity contribution in [2.45, 2.75) is 39.2 Å². The number of hydrogen-bond donors (Lipinski definition) is 1. The third-order valence-corrected chi connectivity index (χ3v) is 7.18. The monoisotopic (exact) mass is 393 g/mol. The summed E-state index contributed by atoms with van der Waals surface area (Å²) in [6.45, 7) is 7.06. The molecule has 0 unspecified atom stereocenters. The third-order valence-electron chi connectivity index (χ3n) is 5.99. The molecule has 0 saturated carbocycles. The van der Waals surface area contributed by atoms with Gasteiger partial charge in [-0.25, -0.2) is 9.97 Å². The molecule has 5 rings (SSSR count). The van der Waals surface area contributed by atoms with E-state index in [1.165, 1.54) is 41.0 Å². The molecule has 2 N–H and O–H groups in total. The van der Waals surface area contributed by atoms with E-state index in [1.807, 2.05) is 11.3 Å². The Morgan fingerprint density at radius 3 is 2.71 bits per heavy atom. The van der Waals surface area contributed by atoms with Crippen LogP contribution < -0.4 is 10.6 Å². The van der Waals surface area contributed by atoms with Crippen LogP contribution in [0.1, 0.15) is 34.7 Å². The van der Waals surface area contributed by atoms with Crippen LogP contribution in [-0.4, -0.2) is 41.0 Å². The lowest BCUT2D eigenvalue weighted by molar-refractivity contribution is 0.244. The van der Waals surface area contributed by atoms with Crippen LogP contribution in [0.2, 0.25) is 0 Å². The highest BCUT2D eigenvalue weighted by molar-refractivity contribution is 7.19. The summed E-state index contributed by atoms with van der Waals surface area (Å²) in [7, 11) is 0. The SMILES string of the molecule is Cc1cccc(N2CCN(Cc3nc(N)c4c5c(sc4n3)CCCC5)CC2)c1. The molecule has 5 nitrogen and oxygen atoms in total. The van der Waals surface area contributed by atoms with Gasteiger partial charge in [0.25, 0.3) is 0 Å². The van der Waals surface area contributed by atoms with Crippen molar-refractivity contribution >= 4 is 33.1 Å². The maximum Gasteiger partial charge on any atom is 0.146 e. The van der Waals surface area contributed by atoms with E-state index in [2.05, 4.69) is 46.0 Å². The second-order valence-electron chi connectivity index (χ2n) is 8.02. The predicted octanol–water partition coefficient (Wildman–Crippen LogP) is 3.78. The van der Waals surface area contributed by atoms with Crippen LogP contribution in [0.3, 0.4) is 0 Å². The van der Waals surface area contributed by atoms with Crippen LogP contribution >= 0.6 is 11.3 Å². The number of rotatable bonds is 3. The van der Waals surface area contributed by atoms with Gasteiger partial charge in [0.15, 0.2) is 0 Å². The molecule has 146 valence electrons. The fourth-order valence-corrected chi connectivity index (χ4v) is 5.78. The lowest BCUT2D eigenvalue weighted by Gasteiger charge is -2.35. The fraction of sp³-hybridized carbons (Fsp3) is 0.455. The standard InChI is InChI=1S/C22H27N5S/c1-15-5-4-6-16(13-15)27-11-9-26(10-12-27)14-19-24-21(23)20-17-7-2-3-8-18(17)28-22(20)25-19/h4-6,13H,2-3,7-12,14H2,1H3,(H2,23,24,25). The summed E-state index contributed by atoms with van der Waals surface area (Å²) >= 11 is 1.83. The van der Waals surface area contributed by atoms with E-state index in [9.17, 15) is 0 Å². The van der Waals surface area contributed by atoms with Gasteiger partial charge in [0.2, 0.25) is 0 Å². The van der Waals surface area contributed by atoms with Crippen LogP contribution in [0.25, 0.3) is 10.2 Å².